The number of amides is 2. The number of nitrogens with zero attached hydrogens (tertiary/aromatic N) is 5. The van der Waals surface area contributed by atoms with Gasteiger partial charge in [-0.1, -0.05) is 29.5 Å². The summed E-state index contributed by atoms with van der Waals surface area (Å²) in [6.07, 6.45) is 1.66. The van der Waals surface area contributed by atoms with Crippen LogP contribution in [0.5, 0.6) is 0 Å². The summed E-state index contributed by atoms with van der Waals surface area (Å²) in [6, 6.07) is 7.87. The molecule has 2 aromatic heterocycles. The maximum absolute atomic E-state index is 12.4. The van der Waals surface area contributed by atoms with Gasteiger partial charge < -0.3 is 10.2 Å². The standard InChI is InChI=1S/C17H18N6O2S/c1-11-19-20-17-23(11)21-15(26-17)7-6-14(24)18-10-16(25)22-9-8-12-4-2-3-5-13(12)22/h2-5H,6-10H2,1H3,(H,18,24). The zero-order valence-electron chi connectivity index (χ0n) is 14.3. The molecule has 1 aliphatic heterocycles. The van der Waals surface area contributed by atoms with Crippen LogP contribution >= 0.6 is 11.3 Å². The van der Waals surface area contributed by atoms with Crippen molar-refractivity contribution in [3.8, 4) is 0 Å². The summed E-state index contributed by atoms with van der Waals surface area (Å²) in [5.41, 5.74) is 2.12. The van der Waals surface area contributed by atoms with Crippen LogP contribution in [0.2, 0.25) is 0 Å². The average Bonchev–Trinajstić information content (AvgIpc) is 3.33. The van der Waals surface area contributed by atoms with Crippen LogP contribution < -0.4 is 10.2 Å². The van der Waals surface area contributed by atoms with Crippen molar-refractivity contribution in [3.63, 3.8) is 0 Å². The number of aryl methyl sites for hydroxylation is 2. The Morgan fingerprint density at radius 1 is 1.27 bits per heavy atom. The van der Waals surface area contributed by atoms with Gasteiger partial charge >= 0.3 is 0 Å². The molecule has 26 heavy (non-hydrogen) atoms. The third kappa shape index (κ3) is 3.17. The third-order valence-corrected chi connectivity index (χ3v) is 5.34. The van der Waals surface area contributed by atoms with Crippen LogP contribution in [0.1, 0.15) is 22.8 Å². The maximum Gasteiger partial charge on any atom is 0.246 e. The van der Waals surface area contributed by atoms with E-state index in [4.69, 9.17) is 0 Å². The van der Waals surface area contributed by atoms with Gasteiger partial charge in [0.15, 0.2) is 5.82 Å². The first-order valence-corrected chi connectivity index (χ1v) is 9.26. The number of carbonyl (C=O) groups excluding carboxylic acids is 2. The summed E-state index contributed by atoms with van der Waals surface area (Å²) in [6.45, 7) is 2.51. The zero-order valence-corrected chi connectivity index (χ0v) is 15.1. The van der Waals surface area contributed by atoms with Crippen molar-refractivity contribution in [2.75, 3.05) is 18.0 Å². The Labute approximate surface area is 153 Å². The number of carbonyl (C=O) groups is 2. The second-order valence-electron chi connectivity index (χ2n) is 6.14. The molecule has 2 amide bonds. The predicted molar refractivity (Wildman–Crippen MR) is 97.2 cm³/mol. The van der Waals surface area contributed by atoms with Crippen LogP contribution in [0.4, 0.5) is 5.69 Å². The van der Waals surface area contributed by atoms with Crippen LogP contribution in [0.25, 0.3) is 4.96 Å². The largest absolute Gasteiger partial charge is 0.347 e. The number of hydrogen-bond donors (Lipinski definition) is 1. The van der Waals surface area contributed by atoms with E-state index in [0.717, 1.165) is 27.9 Å². The molecule has 3 aromatic rings. The Balaban J connectivity index is 1.28. The van der Waals surface area contributed by atoms with Crippen LogP contribution in [0.3, 0.4) is 0 Å². The Morgan fingerprint density at radius 3 is 2.96 bits per heavy atom. The number of benzene rings is 1. The smallest absolute Gasteiger partial charge is 0.246 e. The lowest BCUT2D eigenvalue weighted by atomic mass is 10.2. The maximum atomic E-state index is 12.4. The van der Waals surface area contributed by atoms with Gasteiger partial charge in [0, 0.05) is 25.1 Å². The molecule has 0 atom stereocenters. The highest BCUT2D eigenvalue weighted by Crippen LogP contribution is 2.27. The van der Waals surface area contributed by atoms with Crippen molar-refractivity contribution < 1.29 is 9.59 Å². The van der Waals surface area contributed by atoms with Gasteiger partial charge in [-0.05, 0) is 25.0 Å². The van der Waals surface area contributed by atoms with Crippen molar-refractivity contribution in [1.29, 1.82) is 0 Å². The lowest BCUT2D eigenvalue weighted by Crippen LogP contribution is -2.39. The number of fused-ring (bicyclic) bond motifs is 2. The van der Waals surface area contributed by atoms with E-state index < -0.39 is 0 Å². The minimum Gasteiger partial charge on any atom is -0.347 e. The van der Waals surface area contributed by atoms with Crippen LogP contribution in [-0.4, -0.2) is 44.7 Å². The molecule has 8 nitrogen and oxygen atoms in total. The fraction of sp³-hybridized carbons (Fsp3) is 0.353. The number of rotatable bonds is 5. The van der Waals surface area contributed by atoms with Gasteiger partial charge in [0.25, 0.3) is 0 Å². The van der Waals surface area contributed by atoms with Crippen molar-refractivity contribution in [1.82, 2.24) is 25.1 Å². The second kappa shape index (κ2) is 6.83. The minimum absolute atomic E-state index is 0.0113. The molecule has 0 aliphatic carbocycles. The molecule has 9 heteroatoms. The summed E-state index contributed by atoms with van der Waals surface area (Å²) in [5, 5.41) is 15.9. The first-order valence-electron chi connectivity index (χ1n) is 8.44. The van der Waals surface area contributed by atoms with Crippen molar-refractivity contribution in [2.24, 2.45) is 0 Å². The zero-order chi connectivity index (χ0) is 18.1. The molecular formula is C17H18N6O2S. The molecule has 0 unspecified atom stereocenters. The minimum atomic E-state index is -0.159. The van der Waals surface area contributed by atoms with Gasteiger partial charge in [-0.2, -0.15) is 9.61 Å². The fourth-order valence-electron chi connectivity index (χ4n) is 3.03. The van der Waals surface area contributed by atoms with Gasteiger partial charge in [0.2, 0.25) is 16.8 Å². The Kier molecular flexibility index (Phi) is 4.37. The van der Waals surface area contributed by atoms with Crippen molar-refractivity contribution in [3.05, 3.63) is 40.7 Å². The quantitative estimate of drug-likeness (QED) is 0.727. The highest BCUT2D eigenvalue weighted by atomic mass is 32.1. The van der Waals surface area contributed by atoms with Crippen LogP contribution in [0, 0.1) is 6.92 Å². The molecule has 1 aromatic carbocycles. The molecule has 134 valence electrons. The summed E-state index contributed by atoms with van der Waals surface area (Å²) in [4.78, 5) is 26.9. The Morgan fingerprint density at radius 2 is 2.12 bits per heavy atom. The SMILES string of the molecule is Cc1nnc2sc(CCC(=O)NCC(=O)N3CCc4ccccc43)nn12. The van der Waals surface area contributed by atoms with E-state index in [1.165, 1.54) is 16.9 Å². The molecule has 1 aliphatic rings. The Bertz CT molecular complexity index is 979. The summed E-state index contributed by atoms with van der Waals surface area (Å²) >= 11 is 1.42. The van der Waals surface area contributed by atoms with Gasteiger partial charge in [0.1, 0.15) is 5.01 Å². The number of nitrogens with one attached hydrogen (secondary N) is 1. The topological polar surface area (TPSA) is 92.5 Å². The van der Waals surface area contributed by atoms with E-state index in [0.29, 0.717) is 13.0 Å². The van der Waals surface area contributed by atoms with E-state index >= 15 is 0 Å². The highest BCUT2D eigenvalue weighted by Gasteiger charge is 2.24. The van der Waals surface area contributed by atoms with E-state index in [9.17, 15) is 9.59 Å². The first-order chi connectivity index (χ1) is 12.6. The molecule has 0 fully saturated rings. The molecule has 0 radical (unpaired) electrons. The lowest BCUT2D eigenvalue weighted by molar-refractivity contribution is -0.124. The van der Waals surface area contributed by atoms with E-state index in [1.54, 1.807) is 9.42 Å². The summed E-state index contributed by atoms with van der Waals surface area (Å²) < 4.78 is 1.67. The molecule has 0 saturated carbocycles. The van der Waals surface area contributed by atoms with E-state index in [-0.39, 0.29) is 24.8 Å². The summed E-state index contributed by atoms with van der Waals surface area (Å²) in [7, 11) is 0. The average molecular weight is 370 g/mol. The molecule has 4 rings (SSSR count). The first kappa shape index (κ1) is 16.6. The monoisotopic (exact) mass is 370 g/mol. The van der Waals surface area contributed by atoms with Crippen LogP contribution in [0.15, 0.2) is 24.3 Å². The van der Waals surface area contributed by atoms with E-state index in [1.807, 2.05) is 31.2 Å². The molecule has 0 spiro atoms. The third-order valence-electron chi connectivity index (χ3n) is 4.38. The van der Waals surface area contributed by atoms with E-state index in [2.05, 4.69) is 20.6 Å². The van der Waals surface area contributed by atoms with Gasteiger partial charge in [-0.25, -0.2) is 0 Å². The molecular weight excluding hydrogens is 352 g/mol. The molecule has 0 bridgehead atoms. The van der Waals surface area contributed by atoms with Gasteiger partial charge in [-0.15, -0.1) is 10.2 Å². The molecule has 1 N–H and O–H groups in total. The lowest BCUT2D eigenvalue weighted by Gasteiger charge is -2.17. The number of hydrogen-bond acceptors (Lipinski definition) is 6. The molecule has 0 saturated heterocycles. The van der Waals surface area contributed by atoms with Gasteiger partial charge in [-0.3, -0.25) is 9.59 Å². The number of anilines is 1. The van der Waals surface area contributed by atoms with Crippen molar-refractivity contribution in [2.45, 2.75) is 26.2 Å². The Hall–Kier alpha value is -2.81. The fourth-order valence-corrected chi connectivity index (χ4v) is 3.91. The van der Waals surface area contributed by atoms with Crippen molar-refractivity contribution >= 4 is 33.8 Å². The summed E-state index contributed by atoms with van der Waals surface area (Å²) in [5.74, 6) is 0.481. The number of aromatic nitrogens is 4. The highest BCUT2D eigenvalue weighted by molar-refractivity contribution is 7.16. The van der Waals surface area contributed by atoms with Crippen LogP contribution in [-0.2, 0) is 22.4 Å². The molecule has 3 heterocycles. The van der Waals surface area contributed by atoms with Gasteiger partial charge in [0.05, 0.1) is 6.54 Å². The number of para-hydroxylation sites is 1. The normalized spacial score (nSPS) is 13.2. The second-order valence-corrected chi connectivity index (χ2v) is 7.18. The predicted octanol–water partition coefficient (Wildman–Crippen LogP) is 1.13.